The van der Waals surface area contributed by atoms with Crippen LogP contribution in [0.3, 0.4) is 0 Å². The molecule has 1 aromatic rings. The average molecular weight is 353 g/mol. The van der Waals surface area contributed by atoms with Gasteiger partial charge in [0.2, 0.25) is 0 Å². The van der Waals surface area contributed by atoms with Gasteiger partial charge in [0.05, 0.1) is 12.2 Å². The number of imide groups is 1. The van der Waals surface area contributed by atoms with E-state index in [2.05, 4.69) is 15.6 Å². The van der Waals surface area contributed by atoms with Crippen molar-refractivity contribution in [1.29, 1.82) is 0 Å². The second kappa shape index (κ2) is 8.86. The normalized spacial score (nSPS) is 11.4. The van der Waals surface area contributed by atoms with Crippen LogP contribution in [0, 0.1) is 13.8 Å². The zero-order valence-electron chi connectivity index (χ0n) is 14.9. The van der Waals surface area contributed by atoms with E-state index < -0.39 is 30.0 Å². The molecule has 25 heavy (non-hydrogen) atoms. The van der Waals surface area contributed by atoms with Gasteiger partial charge in [-0.1, -0.05) is 0 Å². The van der Waals surface area contributed by atoms with E-state index in [4.69, 9.17) is 9.47 Å². The Morgan fingerprint density at radius 1 is 1.12 bits per heavy atom. The van der Waals surface area contributed by atoms with Crippen molar-refractivity contribution in [3.05, 3.63) is 22.5 Å². The number of esters is 2. The van der Waals surface area contributed by atoms with E-state index in [1.54, 1.807) is 27.7 Å². The van der Waals surface area contributed by atoms with E-state index in [0.717, 1.165) is 0 Å². The van der Waals surface area contributed by atoms with Gasteiger partial charge in [-0.25, -0.2) is 14.4 Å². The first kappa shape index (κ1) is 20.2. The zero-order chi connectivity index (χ0) is 19.1. The Hall–Kier alpha value is -2.84. The standard InChI is InChI=1S/C16H23N3O6/c1-6-17-16(23)19-13(20)10(5)25-14(21)11-8(3)12(18-9(11)4)15(22)24-7-2/h10,18H,6-7H2,1-5H3,(H2,17,19,20,23)/t10-/m1/s1. The maximum atomic E-state index is 12.3. The summed E-state index contributed by atoms with van der Waals surface area (Å²) >= 11 is 0. The fourth-order valence-corrected chi connectivity index (χ4v) is 2.15. The van der Waals surface area contributed by atoms with Crippen LogP contribution >= 0.6 is 0 Å². The van der Waals surface area contributed by atoms with Crippen molar-refractivity contribution in [3.63, 3.8) is 0 Å². The molecule has 1 heterocycles. The summed E-state index contributed by atoms with van der Waals surface area (Å²) in [5.74, 6) is -2.11. The van der Waals surface area contributed by atoms with E-state index in [-0.39, 0.29) is 17.9 Å². The van der Waals surface area contributed by atoms with Crippen molar-refractivity contribution in [1.82, 2.24) is 15.6 Å². The third-order valence-electron chi connectivity index (χ3n) is 3.35. The van der Waals surface area contributed by atoms with E-state index in [1.165, 1.54) is 6.92 Å². The molecule has 9 heteroatoms. The number of aromatic amines is 1. The molecule has 0 aromatic carbocycles. The van der Waals surface area contributed by atoms with Crippen molar-refractivity contribution in [2.75, 3.05) is 13.2 Å². The van der Waals surface area contributed by atoms with Crippen molar-refractivity contribution in [2.24, 2.45) is 0 Å². The van der Waals surface area contributed by atoms with Gasteiger partial charge >= 0.3 is 18.0 Å². The van der Waals surface area contributed by atoms with Crippen LogP contribution in [-0.4, -0.2) is 48.1 Å². The Morgan fingerprint density at radius 3 is 2.32 bits per heavy atom. The number of aryl methyl sites for hydroxylation is 1. The molecule has 0 unspecified atom stereocenters. The van der Waals surface area contributed by atoms with E-state index >= 15 is 0 Å². The van der Waals surface area contributed by atoms with Gasteiger partial charge in [0.15, 0.2) is 6.10 Å². The number of aromatic nitrogens is 1. The zero-order valence-corrected chi connectivity index (χ0v) is 14.9. The topological polar surface area (TPSA) is 127 Å². The van der Waals surface area contributed by atoms with Crippen molar-refractivity contribution >= 4 is 23.9 Å². The third-order valence-corrected chi connectivity index (χ3v) is 3.35. The molecule has 1 aromatic heterocycles. The fraction of sp³-hybridized carbons (Fsp3) is 0.500. The summed E-state index contributed by atoms with van der Waals surface area (Å²) in [6.45, 7) is 8.45. The molecule has 9 nitrogen and oxygen atoms in total. The van der Waals surface area contributed by atoms with Gasteiger partial charge in [-0.2, -0.15) is 0 Å². The second-order valence-corrected chi connectivity index (χ2v) is 5.24. The van der Waals surface area contributed by atoms with Crippen LogP contribution in [0.15, 0.2) is 0 Å². The van der Waals surface area contributed by atoms with E-state index in [0.29, 0.717) is 17.8 Å². The van der Waals surface area contributed by atoms with Crippen LogP contribution < -0.4 is 10.6 Å². The summed E-state index contributed by atoms with van der Waals surface area (Å²) < 4.78 is 10.0. The highest BCUT2D eigenvalue weighted by Gasteiger charge is 2.27. The summed E-state index contributed by atoms with van der Waals surface area (Å²) in [5, 5.41) is 4.45. The van der Waals surface area contributed by atoms with Gasteiger partial charge in [0, 0.05) is 12.2 Å². The summed E-state index contributed by atoms with van der Waals surface area (Å²) in [6.07, 6.45) is -1.19. The number of rotatable bonds is 6. The highest BCUT2D eigenvalue weighted by atomic mass is 16.5. The molecule has 3 amide bonds. The molecule has 0 aliphatic heterocycles. The minimum atomic E-state index is -1.19. The van der Waals surface area contributed by atoms with Crippen molar-refractivity contribution < 1.29 is 28.7 Å². The summed E-state index contributed by atoms with van der Waals surface area (Å²) in [4.78, 5) is 50.1. The van der Waals surface area contributed by atoms with Crippen LogP contribution in [0.2, 0.25) is 0 Å². The Balaban J connectivity index is 2.85. The number of hydrogen-bond donors (Lipinski definition) is 3. The number of amides is 3. The summed E-state index contributed by atoms with van der Waals surface area (Å²) in [7, 11) is 0. The first-order chi connectivity index (χ1) is 11.7. The number of carbonyl (C=O) groups is 4. The Morgan fingerprint density at radius 2 is 1.76 bits per heavy atom. The molecule has 0 aliphatic carbocycles. The minimum absolute atomic E-state index is 0.153. The summed E-state index contributed by atoms with van der Waals surface area (Å²) in [6, 6.07) is -0.672. The minimum Gasteiger partial charge on any atom is -0.461 e. The molecule has 138 valence electrons. The maximum absolute atomic E-state index is 12.3. The molecule has 3 N–H and O–H groups in total. The Bertz CT molecular complexity index is 680. The molecular formula is C16H23N3O6. The van der Waals surface area contributed by atoms with Crippen molar-refractivity contribution in [2.45, 2.75) is 40.7 Å². The SMILES string of the molecule is CCNC(=O)NC(=O)[C@@H](C)OC(=O)c1c(C)[nH]c(C(=O)OCC)c1C. The van der Waals surface area contributed by atoms with Crippen molar-refractivity contribution in [3.8, 4) is 0 Å². The number of urea groups is 1. The average Bonchev–Trinajstić information content (AvgIpc) is 2.82. The van der Waals surface area contributed by atoms with Gasteiger partial charge in [-0.3, -0.25) is 10.1 Å². The predicted octanol–water partition coefficient (Wildman–Crippen LogP) is 1.20. The first-order valence-electron chi connectivity index (χ1n) is 7.88. The van der Waals surface area contributed by atoms with Crippen LogP contribution in [0.4, 0.5) is 4.79 Å². The maximum Gasteiger partial charge on any atom is 0.355 e. The van der Waals surface area contributed by atoms with Crippen LogP contribution in [-0.2, 0) is 14.3 Å². The lowest BCUT2D eigenvalue weighted by molar-refractivity contribution is -0.127. The molecule has 0 aliphatic rings. The number of hydrogen-bond acceptors (Lipinski definition) is 6. The predicted molar refractivity (Wildman–Crippen MR) is 88.3 cm³/mol. The van der Waals surface area contributed by atoms with E-state index in [1.807, 2.05) is 0 Å². The monoisotopic (exact) mass is 353 g/mol. The molecular weight excluding hydrogens is 330 g/mol. The van der Waals surface area contributed by atoms with Crippen LogP contribution in [0.1, 0.15) is 52.9 Å². The van der Waals surface area contributed by atoms with Crippen LogP contribution in [0.5, 0.6) is 0 Å². The summed E-state index contributed by atoms with van der Waals surface area (Å²) in [5.41, 5.74) is 1.10. The second-order valence-electron chi connectivity index (χ2n) is 5.24. The molecule has 0 fully saturated rings. The van der Waals surface area contributed by atoms with Gasteiger partial charge in [0.25, 0.3) is 5.91 Å². The number of H-pyrrole nitrogens is 1. The lowest BCUT2D eigenvalue weighted by Gasteiger charge is -2.13. The molecule has 0 saturated heterocycles. The fourth-order valence-electron chi connectivity index (χ4n) is 2.15. The molecule has 0 radical (unpaired) electrons. The third kappa shape index (κ3) is 5.07. The quantitative estimate of drug-likeness (QED) is 0.660. The van der Waals surface area contributed by atoms with Gasteiger partial charge in [-0.05, 0) is 40.2 Å². The van der Waals surface area contributed by atoms with Crippen LogP contribution in [0.25, 0.3) is 0 Å². The smallest absolute Gasteiger partial charge is 0.355 e. The molecule has 0 spiro atoms. The molecule has 0 saturated carbocycles. The molecule has 0 bridgehead atoms. The van der Waals surface area contributed by atoms with Gasteiger partial charge < -0.3 is 19.8 Å². The number of carbonyl (C=O) groups excluding carboxylic acids is 4. The van der Waals surface area contributed by atoms with Gasteiger partial charge in [-0.15, -0.1) is 0 Å². The largest absolute Gasteiger partial charge is 0.461 e. The molecule has 1 atom stereocenters. The number of ether oxygens (including phenoxy) is 2. The Labute approximate surface area is 145 Å². The highest BCUT2D eigenvalue weighted by Crippen LogP contribution is 2.20. The molecule has 1 rings (SSSR count). The first-order valence-corrected chi connectivity index (χ1v) is 7.88. The highest BCUT2D eigenvalue weighted by molar-refractivity contribution is 6.01. The lowest BCUT2D eigenvalue weighted by Crippen LogP contribution is -2.44. The van der Waals surface area contributed by atoms with Gasteiger partial charge in [0.1, 0.15) is 5.69 Å². The Kier molecular flexibility index (Phi) is 7.16. The lowest BCUT2D eigenvalue weighted by atomic mass is 10.1. The number of nitrogens with one attached hydrogen (secondary N) is 3. The van der Waals surface area contributed by atoms with E-state index in [9.17, 15) is 19.2 Å².